The van der Waals surface area contributed by atoms with Crippen LogP contribution in [0.15, 0.2) is 18.2 Å². The maximum Gasteiger partial charge on any atom is 0.261 e. The summed E-state index contributed by atoms with van der Waals surface area (Å²) in [5, 5.41) is 10.2. The molecule has 2 bridgehead atoms. The van der Waals surface area contributed by atoms with Crippen LogP contribution in [0.1, 0.15) is 24.9 Å². The second kappa shape index (κ2) is 5.33. The van der Waals surface area contributed by atoms with E-state index in [-0.39, 0.29) is 31.6 Å². The Morgan fingerprint density at radius 1 is 1.32 bits per heavy atom. The third-order valence-corrected chi connectivity index (χ3v) is 8.02. The molecule has 9 heteroatoms. The average Bonchev–Trinajstić information content (AvgIpc) is 3.36. The van der Waals surface area contributed by atoms with Crippen LogP contribution in [-0.4, -0.2) is 58.9 Å². The largest absolute Gasteiger partial charge is 0.454 e. The molecule has 5 rings (SSSR count). The highest BCUT2D eigenvalue weighted by Gasteiger charge is 2.79. The van der Waals surface area contributed by atoms with Gasteiger partial charge in [0.2, 0.25) is 6.79 Å². The molecule has 3 saturated heterocycles. The molecular weight excluding hydrogens is 382 g/mol. The number of ether oxygens (including phenoxy) is 3. The van der Waals surface area contributed by atoms with Gasteiger partial charge in [0, 0.05) is 20.6 Å². The summed E-state index contributed by atoms with van der Waals surface area (Å²) in [6.07, 6.45) is 0.221. The van der Waals surface area contributed by atoms with E-state index in [0.29, 0.717) is 11.5 Å². The van der Waals surface area contributed by atoms with Gasteiger partial charge in [-0.25, -0.2) is 0 Å². The van der Waals surface area contributed by atoms with E-state index in [1.165, 1.54) is 23.8 Å². The van der Waals surface area contributed by atoms with Crippen LogP contribution in [0.3, 0.4) is 0 Å². The van der Waals surface area contributed by atoms with Gasteiger partial charge in [0.1, 0.15) is 5.41 Å². The van der Waals surface area contributed by atoms with E-state index >= 15 is 0 Å². The van der Waals surface area contributed by atoms with Crippen molar-refractivity contribution in [2.45, 2.75) is 29.1 Å². The number of hydrogen-bond acceptors (Lipinski definition) is 7. The fourth-order valence-electron chi connectivity index (χ4n) is 4.99. The zero-order valence-corrected chi connectivity index (χ0v) is 16.5. The smallest absolute Gasteiger partial charge is 0.261 e. The van der Waals surface area contributed by atoms with Crippen molar-refractivity contribution in [3.63, 3.8) is 0 Å². The van der Waals surface area contributed by atoms with Crippen LogP contribution in [0.2, 0.25) is 0 Å². The maximum absolute atomic E-state index is 13.5. The highest BCUT2D eigenvalue weighted by Crippen LogP contribution is 2.69. The lowest BCUT2D eigenvalue weighted by atomic mass is 9.78. The van der Waals surface area contributed by atoms with E-state index in [2.05, 4.69) is 6.07 Å². The minimum absolute atomic E-state index is 0.113. The van der Waals surface area contributed by atoms with Crippen LogP contribution in [-0.2, 0) is 14.3 Å². The molecule has 0 saturated carbocycles. The molecule has 0 radical (unpaired) electrons. The molecule has 4 aliphatic heterocycles. The van der Waals surface area contributed by atoms with Gasteiger partial charge in [-0.15, -0.1) is 0 Å². The van der Waals surface area contributed by atoms with Crippen molar-refractivity contribution in [3.05, 3.63) is 23.8 Å². The molecule has 1 spiro atoms. The molecule has 0 aliphatic carbocycles. The van der Waals surface area contributed by atoms with Crippen molar-refractivity contribution in [1.82, 2.24) is 9.80 Å². The number of methoxy groups -OCH3 is 1. The molecule has 8 nitrogen and oxygen atoms in total. The number of rotatable bonds is 3. The first-order chi connectivity index (χ1) is 13.3. The molecule has 4 atom stereocenters. The Hall–Kier alpha value is -2.44. The van der Waals surface area contributed by atoms with Crippen molar-refractivity contribution in [3.8, 4) is 17.6 Å². The topological polar surface area (TPSA) is 92.1 Å². The number of likely N-dealkylation sites (N-methyl/N-ethyl adjacent to an activating group) is 1. The first-order valence-electron chi connectivity index (χ1n) is 8.95. The number of nitrogens with zero attached hydrogens (tertiary/aromatic N) is 3. The molecule has 4 aliphatic rings. The van der Waals surface area contributed by atoms with Gasteiger partial charge in [-0.05, 0) is 24.6 Å². The number of benzene rings is 1. The summed E-state index contributed by atoms with van der Waals surface area (Å²) in [7, 11) is 3.18. The van der Waals surface area contributed by atoms with E-state index < -0.39 is 21.2 Å². The Balaban J connectivity index is 1.71. The third-order valence-electron chi connectivity index (χ3n) is 6.32. The molecule has 2 amide bonds. The van der Waals surface area contributed by atoms with Crippen molar-refractivity contribution >= 4 is 23.6 Å². The fraction of sp³-hybridized carbons (Fsp3) is 0.526. The zero-order valence-electron chi connectivity index (χ0n) is 15.7. The average molecular weight is 401 g/mol. The molecule has 4 heterocycles. The molecule has 0 N–H and O–H groups in total. The standard InChI is InChI=1S/C19H19N3O5S/c1-17-15(23)22-14(11-4-5-12-13(6-11)27-10-26-12)18(8-20,9-25-3)7-19(22,28-17)16(24)21(17)2/h4-6,14H,7,9-10H2,1-3H3/t14-,17-,18+,19-/m0/s1. The Kier molecular flexibility index (Phi) is 3.36. The Bertz CT molecular complexity index is 963. The lowest BCUT2D eigenvalue weighted by Gasteiger charge is -2.40. The van der Waals surface area contributed by atoms with E-state index in [1.807, 2.05) is 6.07 Å². The van der Waals surface area contributed by atoms with Gasteiger partial charge in [0.15, 0.2) is 21.2 Å². The van der Waals surface area contributed by atoms with E-state index in [9.17, 15) is 14.9 Å². The van der Waals surface area contributed by atoms with Crippen LogP contribution in [0, 0.1) is 16.7 Å². The Morgan fingerprint density at radius 3 is 2.79 bits per heavy atom. The van der Waals surface area contributed by atoms with Crippen molar-refractivity contribution < 1.29 is 23.8 Å². The molecule has 1 aromatic carbocycles. The number of carbonyl (C=O) groups excluding carboxylic acids is 2. The van der Waals surface area contributed by atoms with Crippen molar-refractivity contribution in [2.75, 3.05) is 27.6 Å². The maximum atomic E-state index is 13.5. The quantitative estimate of drug-likeness (QED) is 0.757. The molecule has 28 heavy (non-hydrogen) atoms. The number of amides is 2. The monoisotopic (exact) mass is 401 g/mol. The SMILES string of the molecule is COC[C@]1(C#N)C[C@@]23S[C@@](C)(C(=O)N2[C@H]1c1ccc2c(c1)OCO2)N(C)C3=O. The van der Waals surface area contributed by atoms with Crippen LogP contribution < -0.4 is 9.47 Å². The van der Waals surface area contributed by atoms with Gasteiger partial charge in [-0.3, -0.25) is 9.59 Å². The zero-order chi connectivity index (χ0) is 19.9. The number of carbonyl (C=O) groups is 2. The molecule has 146 valence electrons. The first-order valence-corrected chi connectivity index (χ1v) is 9.77. The van der Waals surface area contributed by atoms with Gasteiger partial charge in [-0.2, -0.15) is 5.26 Å². The summed E-state index contributed by atoms with van der Waals surface area (Å²) < 4.78 is 16.3. The summed E-state index contributed by atoms with van der Waals surface area (Å²) in [6.45, 7) is 2.02. The Morgan fingerprint density at radius 2 is 2.07 bits per heavy atom. The Labute approximate surface area is 166 Å². The van der Waals surface area contributed by atoms with Gasteiger partial charge in [-0.1, -0.05) is 17.8 Å². The highest BCUT2D eigenvalue weighted by molar-refractivity contribution is 8.04. The summed E-state index contributed by atoms with van der Waals surface area (Å²) in [4.78, 5) is 27.7. The molecule has 1 aromatic rings. The van der Waals surface area contributed by atoms with Gasteiger partial charge in [0.05, 0.1) is 18.7 Å². The minimum Gasteiger partial charge on any atom is -0.454 e. The summed E-state index contributed by atoms with van der Waals surface area (Å²) in [5.41, 5.74) is -0.312. The summed E-state index contributed by atoms with van der Waals surface area (Å²) >= 11 is 1.33. The van der Waals surface area contributed by atoms with Crippen molar-refractivity contribution in [1.29, 1.82) is 5.26 Å². The molecule has 3 fully saturated rings. The third kappa shape index (κ3) is 1.80. The van der Waals surface area contributed by atoms with E-state index in [4.69, 9.17) is 14.2 Å². The normalized spacial score (nSPS) is 37.6. The number of thioether (sulfide) groups is 1. The van der Waals surface area contributed by atoms with Gasteiger partial charge < -0.3 is 24.0 Å². The van der Waals surface area contributed by atoms with Crippen LogP contribution in [0.25, 0.3) is 0 Å². The number of fused-ring (bicyclic) bond motifs is 2. The minimum atomic E-state index is -1.09. The molecule has 0 unspecified atom stereocenters. The lowest BCUT2D eigenvalue weighted by molar-refractivity contribution is -0.159. The molecular formula is C19H19N3O5S. The summed E-state index contributed by atoms with van der Waals surface area (Å²) in [6, 6.07) is 7.18. The highest BCUT2D eigenvalue weighted by atomic mass is 32.2. The van der Waals surface area contributed by atoms with Crippen LogP contribution in [0.5, 0.6) is 11.5 Å². The number of nitriles is 1. The molecule has 0 aromatic heterocycles. The predicted octanol–water partition coefficient (Wildman–Crippen LogP) is 1.48. The summed E-state index contributed by atoms with van der Waals surface area (Å²) in [5.74, 6) is 0.896. The van der Waals surface area contributed by atoms with Crippen molar-refractivity contribution in [2.24, 2.45) is 5.41 Å². The number of hydrogen-bond donors (Lipinski definition) is 0. The number of piperazine rings is 1. The lowest BCUT2D eigenvalue weighted by Crippen LogP contribution is -2.60. The van der Waals surface area contributed by atoms with E-state index in [0.717, 1.165) is 5.56 Å². The van der Waals surface area contributed by atoms with Gasteiger partial charge in [0.25, 0.3) is 11.8 Å². The van der Waals surface area contributed by atoms with Gasteiger partial charge >= 0.3 is 0 Å². The second-order valence-corrected chi connectivity index (χ2v) is 9.48. The predicted molar refractivity (Wildman–Crippen MR) is 98.2 cm³/mol. The van der Waals surface area contributed by atoms with Crippen LogP contribution in [0.4, 0.5) is 0 Å². The van der Waals surface area contributed by atoms with E-state index in [1.54, 1.807) is 31.0 Å². The fourth-order valence-corrected chi connectivity index (χ4v) is 6.89. The first kappa shape index (κ1) is 17.6. The van der Waals surface area contributed by atoms with Crippen LogP contribution >= 0.6 is 11.8 Å². The second-order valence-electron chi connectivity index (χ2n) is 7.80.